The van der Waals surface area contributed by atoms with Crippen LogP contribution >= 0.6 is 22.9 Å². The van der Waals surface area contributed by atoms with E-state index < -0.39 is 11.5 Å². The Balaban J connectivity index is 1.61. The lowest BCUT2D eigenvalue weighted by Gasteiger charge is -2.27. The van der Waals surface area contributed by atoms with Crippen molar-refractivity contribution in [2.45, 2.75) is 19.4 Å². The SMILES string of the molecule is Cc1nc2c(c(=O)n1Cc1ccc(Cl)cc1)[C@@H](c1cccs1)c1c(c3ccccc3oc1=O)O2. The number of halogens is 1. The Morgan fingerprint density at radius 3 is 2.59 bits per heavy atom. The van der Waals surface area contributed by atoms with Crippen molar-refractivity contribution < 1.29 is 9.15 Å². The Labute approximate surface area is 202 Å². The Kier molecular flexibility index (Phi) is 4.90. The number of fused-ring (bicyclic) bond motifs is 4. The summed E-state index contributed by atoms with van der Waals surface area (Å²) in [5.41, 5.74) is 1.20. The highest BCUT2D eigenvalue weighted by atomic mass is 35.5. The molecule has 0 fully saturated rings. The Bertz CT molecular complexity index is 1670. The lowest BCUT2D eigenvalue weighted by molar-refractivity contribution is 0.414. The third-order valence-electron chi connectivity index (χ3n) is 6.02. The van der Waals surface area contributed by atoms with Crippen LogP contribution in [-0.2, 0) is 6.54 Å². The molecule has 4 heterocycles. The van der Waals surface area contributed by atoms with Gasteiger partial charge in [0.1, 0.15) is 11.4 Å². The number of rotatable bonds is 3. The van der Waals surface area contributed by atoms with Crippen molar-refractivity contribution >= 4 is 33.9 Å². The number of nitrogens with zero attached hydrogens (tertiary/aromatic N) is 2. The minimum Gasteiger partial charge on any atom is -0.437 e. The third-order valence-corrected chi connectivity index (χ3v) is 7.21. The Hall–Kier alpha value is -3.68. The largest absolute Gasteiger partial charge is 0.437 e. The van der Waals surface area contributed by atoms with Crippen molar-refractivity contribution in [2.75, 3.05) is 0 Å². The zero-order valence-corrected chi connectivity index (χ0v) is 19.5. The molecule has 0 spiro atoms. The van der Waals surface area contributed by atoms with Crippen molar-refractivity contribution in [1.82, 2.24) is 9.55 Å². The Morgan fingerprint density at radius 2 is 1.82 bits per heavy atom. The highest BCUT2D eigenvalue weighted by Crippen LogP contribution is 2.47. The monoisotopic (exact) mass is 488 g/mol. The molecule has 2 aromatic carbocycles. The summed E-state index contributed by atoms with van der Waals surface area (Å²) < 4.78 is 13.4. The van der Waals surface area contributed by atoms with E-state index in [1.165, 1.54) is 11.3 Å². The van der Waals surface area contributed by atoms with Crippen LogP contribution in [0.1, 0.15) is 33.3 Å². The maximum atomic E-state index is 13.9. The minimum absolute atomic E-state index is 0.219. The van der Waals surface area contributed by atoms with Crippen molar-refractivity contribution in [3.05, 3.63) is 119 Å². The van der Waals surface area contributed by atoms with Gasteiger partial charge in [-0.2, -0.15) is 4.98 Å². The van der Waals surface area contributed by atoms with Crippen LogP contribution in [0.2, 0.25) is 5.02 Å². The van der Waals surface area contributed by atoms with E-state index in [1.54, 1.807) is 35.8 Å². The Morgan fingerprint density at radius 1 is 1.03 bits per heavy atom. The molecule has 168 valence electrons. The predicted molar refractivity (Wildman–Crippen MR) is 132 cm³/mol. The van der Waals surface area contributed by atoms with E-state index in [4.69, 9.17) is 20.8 Å². The van der Waals surface area contributed by atoms with Gasteiger partial charge in [0, 0.05) is 9.90 Å². The molecule has 0 radical (unpaired) electrons. The summed E-state index contributed by atoms with van der Waals surface area (Å²) in [5.74, 6) is 0.479. The number of hydrogen-bond acceptors (Lipinski definition) is 6. The van der Waals surface area contributed by atoms with Gasteiger partial charge in [-0.1, -0.05) is 41.9 Å². The van der Waals surface area contributed by atoms with Crippen LogP contribution < -0.4 is 15.9 Å². The molecular formula is C26H17ClN2O4S. The standard InChI is InChI=1S/C26H17ClN2O4S/c1-14-28-24-22(25(30)29(14)13-15-8-10-16(27)11-9-15)20(19-7-4-12-34-19)21-23(33-24)17-5-2-3-6-18(17)32-26(21)31/h2-12,20H,13H2,1H3/t20-/m0/s1. The first-order valence-electron chi connectivity index (χ1n) is 10.6. The summed E-state index contributed by atoms with van der Waals surface area (Å²) in [6.07, 6.45) is 0. The van der Waals surface area contributed by atoms with Gasteiger partial charge in [-0.05, 0) is 48.2 Å². The number of aryl methyl sites for hydroxylation is 1. The maximum Gasteiger partial charge on any atom is 0.344 e. The average Bonchev–Trinajstić information content (AvgIpc) is 3.36. The first-order chi connectivity index (χ1) is 16.5. The topological polar surface area (TPSA) is 74.3 Å². The van der Waals surface area contributed by atoms with Crippen LogP contribution in [0.4, 0.5) is 0 Å². The second-order valence-corrected chi connectivity index (χ2v) is 9.49. The summed E-state index contributed by atoms with van der Waals surface area (Å²) in [6.45, 7) is 2.09. The first kappa shape index (κ1) is 20.9. The second kappa shape index (κ2) is 7.97. The molecule has 0 saturated carbocycles. The average molecular weight is 489 g/mol. The van der Waals surface area contributed by atoms with Gasteiger partial charge in [-0.3, -0.25) is 9.36 Å². The first-order valence-corrected chi connectivity index (χ1v) is 11.9. The molecule has 0 amide bonds. The lowest BCUT2D eigenvalue weighted by Crippen LogP contribution is -2.33. The molecule has 8 heteroatoms. The van der Waals surface area contributed by atoms with E-state index in [1.807, 2.05) is 41.8 Å². The normalized spacial score (nSPS) is 14.5. The highest BCUT2D eigenvalue weighted by molar-refractivity contribution is 7.10. The van der Waals surface area contributed by atoms with Gasteiger partial charge in [0.25, 0.3) is 5.56 Å². The summed E-state index contributed by atoms with van der Waals surface area (Å²) in [6, 6.07) is 18.3. The van der Waals surface area contributed by atoms with Gasteiger partial charge < -0.3 is 9.15 Å². The summed E-state index contributed by atoms with van der Waals surface area (Å²) in [5, 5.41) is 3.20. The van der Waals surface area contributed by atoms with E-state index in [0.29, 0.717) is 45.2 Å². The molecule has 34 heavy (non-hydrogen) atoms. The quantitative estimate of drug-likeness (QED) is 0.298. The van der Waals surface area contributed by atoms with E-state index in [-0.39, 0.29) is 11.4 Å². The van der Waals surface area contributed by atoms with Gasteiger partial charge in [-0.15, -0.1) is 11.3 Å². The molecule has 6 rings (SSSR count). The summed E-state index contributed by atoms with van der Waals surface area (Å²) >= 11 is 7.49. The molecule has 0 saturated heterocycles. The molecular weight excluding hydrogens is 472 g/mol. The predicted octanol–water partition coefficient (Wildman–Crippen LogP) is 5.71. The van der Waals surface area contributed by atoms with Crippen LogP contribution in [0.3, 0.4) is 0 Å². The number of ether oxygens (including phenoxy) is 1. The highest BCUT2D eigenvalue weighted by Gasteiger charge is 2.38. The fourth-order valence-electron chi connectivity index (χ4n) is 4.41. The molecule has 0 bridgehead atoms. The van der Waals surface area contributed by atoms with Crippen LogP contribution in [0, 0.1) is 6.92 Å². The van der Waals surface area contributed by atoms with Crippen LogP contribution in [0.5, 0.6) is 11.6 Å². The van der Waals surface area contributed by atoms with Gasteiger partial charge in [0.2, 0.25) is 5.88 Å². The van der Waals surface area contributed by atoms with E-state index in [0.717, 1.165) is 10.4 Å². The van der Waals surface area contributed by atoms with Gasteiger partial charge in [0.05, 0.1) is 29.0 Å². The van der Waals surface area contributed by atoms with Gasteiger partial charge in [0.15, 0.2) is 5.75 Å². The van der Waals surface area contributed by atoms with Gasteiger partial charge >= 0.3 is 5.63 Å². The minimum atomic E-state index is -0.642. The maximum absolute atomic E-state index is 13.9. The molecule has 1 aliphatic heterocycles. The van der Waals surface area contributed by atoms with Crippen molar-refractivity contribution in [3.63, 3.8) is 0 Å². The van der Waals surface area contributed by atoms with Crippen molar-refractivity contribution in [2.24, 2.45) is 0 Å². The number of thiophene rings is 1. The molecule has 5 aromatic rings. The van der Waals surface area contributed by atoms with Crippen molar-refractivity contribution in [3.8, 4) is 11.6 Å². The van der Waals surface area contributed by atoms with Crippen LogP contribution in [0.25, 0.3) is 11.0 Å². The fourth-order valence-corrected chi connectivity index (χ4v) is 5.38. The molecule has 6 nitrogen and oxygen atoms in total. The van der Waals surface area contributed by atoms with Crippen molar-refractivity contribution in [1.29, 1.82) is 0 Å². The number of benzene rings is 2. The number of aromatic nitrogens is 2. The number of para-hydroxylation sites is 1. The van der Waals surface area contributed by atoms with Crippen LogP contribution in [0.15, 0.2) is 80.0 Å². The molecule has 0 N–H and O–H groups in total. The summed E-state index contributed by atoms with van der Waals surface area (Å²) in [7, 11) is 0. The van der Waals surface area contributed by atoms with Crippen LogP contribution in [-0.4, -0.2) is 9.55 Å². The summed E-state index contributed by atoms with van der Waals surface area (Å²) in [4.78, 5) is 32.6. The van der Waals surface area contributed by atoms with Gasteiger partial charge in [-0.25, -0.2) is 4.79 Å². The van der Waals surface area contributed by atoms with E-state index >= 15 is 0 Å². The zero-order chi connectivity index (χ0) is 23.4. The molecule has 0 aliphatic carbocycles. The van der Waals surface area contributed by atoms with E-state index in [2.05, 4.69) is 4.98 Å². The number of hydrogen-bond donors (Lipinski definition) is 0. The molecule has 1 aliphatic rings. The fraction of sp³-hybridized carbons (Fsp3) is 0.115. The zero-order valence-electron chi connectivity index (χ0n) is 17.9. The third kappa shape index (κ3) is 3.28. The molecule has 0 unspecified atom stereocenters. The smallest absolute Gasteiger partial charge is 0.344 e. The lowest BCUT2D eigenvalue weighted by atomic mass is 9.88. The second-order valence-electron chi connectivity index (χ2n) is 8.07. The molecule has 3 aromatic heterocycles. The van der Waals surface area contributed by atoms with E-state index in [9.17, 15) is 9.59 Å². The molecule has 1 atom stereocenters.